The molecule has 1 heterocycles. The van der Waals surface area contributed by atoms with Gasteiger partial charge in [0.05, 0.1) is 0 Å². The lowest BCUT2D eigenvalue weighted by molar-refractivity contribution is -0.137. The zero-order chi connectivity index (χ0) is 10.9. The first-order chi connectivity index (χ1) is 6.34. The van der Waals surface area contributed by atoms with Gasteiger partial charge in [0.15, 0.2) is 0 Å². The van der Waals surface area contributed by atoms with Crippen molar-refractivity contribution in [2.75, 3.05) is 13.1 Å². The fourth-order valence-electron chi connectivity index (χ4n) is 1.88. The van der Waals surface area contributed by atoms with E-state index in [1.54, 1.807) is 0 Å². The van der Waals surface area contributed by atoms with Gasteiger partial charge >= 0.3 is 0 Å². The summed E-state index contributed by atoms with van der Waals surface area (Å²) in [6.45, 7) is 10.1. The number of hydrogen-bond donors (Lipinski definition) is 0. The quantitative estimate of drug-likeness (QED) is 0.665. The molecular formula is C11H20BrNO. The van der Waals surface area contributed by atoms with Crippen molar-refractivity contribution in [1.29, 1.82) is 0 Å². The lowest BCUT2D eigenvalue weighted by Gasteiger charge is -2.42. The normalized spacial score (nSPS) is 26.7. The van der Waals surface area contributed by atoms with E-state index in [0.29, 0.717) is 4.83 Å². The van der Waals surface area contributed by atoms with E-state index in [9.17, 15) is 4.79 Å². The largest absolute Gasteiger partial charge is 0.342 e. The average molecular weight is 262 g/mol. The molecule has 0 bridgehead atoms. The van der Waals surface area contributed by atoms with Crippen LogP contribution in [0.4, 0.5) is 0 Å². The van der Waals surface area contributed by atoms with Crippen molar-refractivity contribution in [2.45, 2.75) is 38.9 Å². The van der Waals surface area contributed by atoms with Crippen molar-refractivity contribution in [3.63, 3.8) is 0 Å². The number of halogens is 1. The highest BCUT2D eigenvalue weighted by atomic mass is 79.9. The summed E-state index contributed by atoms with van der Waals surface area (Å²) >= 11 is 3.69. The summed E-state index contributed by atoms with van der Waals surface area (Å²) in [6.07, 6.45) is 1.06. The van der Waals surface area contributed by atoms with Crippen molar-refractivity contribution in [3.05, 3.63) is 0 Å². The number of nitrogens with zero attached hydrogens (tertiary/aromatic N) is 1. The van der Waals surface area contributed by atoms with Gasteiger partial charge < -0.3 is 4.90 Å². The number of amides is 1. The van der Waals surface area contributed by atoms with E-state index < -0.39 is 0 Å². The lowest BCUT2D eigenvalue weighted by Crippen LogP contribution is -2.49. The number of carbonyl (C=O) groups excluding carboxylic acids is 1. The van der Waals surface area contributed by atoms with Crippen LogP contribution in [0.5, 0.6) is 0 Å². The second-order valence-corrected chi connectivity index (χ2v) is 6.26. The Morgan fingerprint density at radius 1 is 1.50 bits per heavy atom. The Hall–Kier alpha value is -0.0500. The smallest absolute Gasteiger partial charge is 0.225 e. The van der Waals surface area contributed by atoms with E-state index in [4.69, 9.17) is 0 Å². The summed E-state index contributed by atoms with van der Waals surface area (Å²) in [5.74, 6) is 0.412. The van der Waals surface area contributed by atoms with Gasteiger partial charge in [0, 0.05) is 23.8 Å². The van der Waals surface area contributed by atoms with Crippen LogP contribution in [0.1, 0.15) is 34.1 Å². The van der Waals surface area contributed by atoms with Gasteiger partial charge in [-0.05, 0) is 11.8 Å². The molecule has 1 aliphatic heterocycles. The van der Waals surface area contributed by atoms with E-state index in [0.717, 1.165) is 19.5 Å². The van der Waals surface area contributed by atoms with Gasteiger partial charge in [-0.2, -0.15) is 0 Å². The van der Waals surface area contributed by atoms with Gasteiger partial charge in [-0.15, -0.1) is 0 Å². The summed E-state index contributed by atoms with van der Waals surface area (Å²) in [5, 5.41) is 0. The summed E-state index contributed by atoms with van der Waals surface area (Å²) in [4.78, 5) is 14.3. The summed E-state index contributed by atoms with van der Waals surface area (Å²) in [5.41, 5.74) is 0.197. The molecule has 1 saturated heterocycles. The molecule has 1 unspecified atom stereocenters. The molecule has 1 atom stereocenters. The van der Waals surface area contributed by atoms with Crippen LogP contribution in [-0.2, 0) is 4.79 Å². The molecule has 0 aromatic rings. The molecule has 14 heavy (non-hydrogen) atoms. The maximum Gasteiger partial charge on any atom is 0.225 e. The second kappa shape index (κ2) is 4.21. The molecule has 0 aliphatic carbocycles. The molecule has 1 rings (SSSR count). The highest BCUT2D eigenvalue weighted by molar-refractivity contribution is 9.09. The Labute approximate surface area is 95.2 Å². The van der Waals surface area contributed by atoms with Crippen LogP contribution in [0.3, 0.4) is 0 Å². The first-order valence-electron chi connectivity index (χ1n) is 5.27. The predicted molar refractivity (Wildman–Crippen MR) is 62.5 cm³/mol. The van der Waals surface area contributed by atoms with Gasteiger partial charge in [0.2, 0.25) is 5.91 Å². The van der Waals surface area contributed by atoms with E-state index >= 15 is 0 Å². The van der Waals surface area contributed by atoms with Crippen molar-refractivity contribution in [3.8, 4) is 0 Å². The van der Waals surface area contributed by atoms with Gasteiger partial charge in [0.1, 0.15) is 0 Å². The van der Waals surface area contributed by atoms with Gasteiger partial charge in [-0.3, -0.25) is 4.79 Å². The number of hydrogen-bond acceptors (Lipinski definition) is 1. The summed E-state index contributed by atoms with van der Waals surface area (Å²) < 4.78 is 0. The Kier molecular flexibility index (Phi) is 3.62. The molecule has 0 radical (unpaired) electrons. The molecule has 0 N–H and O–H groups in total. The van der Waals surface area contributed by atoms with Crippen LogP contribution < -0.4 is 0 Å². The number of rotatable bonds is 1. The third kappa shape index (κ3) is 2.50. The van der Waals surface area contributed by atoms with Gasteiger partial charge in [-0.1, -0.05) is 43.6 Å². The Morgan fingerprint density at radius 2 is 2.07 bits per heavy atom. The molecule has 2 nitrogen and oxygen atoms in total. The van der Waals surface area contributed by atoms with Crippen LogP contribution in [0.2, 0.25) is 0 Å². The van der Waals surface area contributed by atoms with Crippen molar-refractivity contribution in [1.82, 2.24) is 4.90 Å². The Balaban J connectivity index is 2.64. The van der Waals surface area contributed by atoms with Crippen LogP contribution in [-0.4, -0.2) is 28.7 Å². The molecule has 1 amide bonds. The van der Waals surface area contributed by atoms with Crippen molar-refractivity contribution < 1.29 is 4.79 Å². The molecule has 0 aromatic heterocycles. The van der Waals surface area contributed by atoms with E-state index in [1.165, 1.54) is 0 Å². The Bertz CT molecular complexity index is 225. The van der Waals surface area contributed by atoms with Crippen LogP contribution in [0, 0.1) is 11.3 Å². The molecule has 3 heteroatoms. The third-order valence-electron chi connectivity index (χ3n) is 2.90. The zero-order valence-electron chi connectivity index (χ0n) is 9.51. The maximum atomic E-state index is 11.8. The van der Waals surface area contributed by atoms with E-state index in [2.05, 4.69) is 29.8 Å². The van der Waals surface area contributed by atoms with Crippen LogP contribution in [0.25, 0.3) is 0 Å². The van der Waals surface area contributed by atoms with Gasteiger partial charge in [0.25, 0.3) is 0 Å². The first-order valence-corrected chi connectivity index (χ1v) is 6.19. The molecular weight excluding hydrogens is 242 g/mol. The number of carbonyl (C=O) groups is 1. The van der Waals surface area contributed by atoms with Crippen LogP contribution >= 0.6 is 15.9 Å². The highest BCUT2D eigenvalue weighted by Crippen LogP contribution is 2.34. The average Bonchev–Trinajstić information content (AvgIpc) is 2.08. The SMILES string of the molecule is CC(C)C(=O)N1CCC(Br)C(C)(C)C1. The fourth-order valence-corrected chi connectivity index (χ4v) is 2.23. The predicted octanol–water partition coefficient (Wildman–Crippen LogP) is 2.66. The van der Waals surface area contributed by atoms with Crippen LogP contribution in [0.15, 0.2) is 0 Å². The molecule has 1 aliphatic rings. The monoisotopic (exact) mass is 261 g/mol. The topological polar surface area (TPSA) is 20.3 Å². The van der Waals surface area contributed by atoms with E-state index in [-0.39, 0.29) is 17.2 Å². The third-order valence-corrected chi connectivity index (χ3v) is 4.60. The first kappa shape index (κ1) is 12.0. The maximum absolute atomic E-state index is 11.8. The molecule has 1 fully saturated rings. The fraction of sp³-hybridized carbons (Fsp3) is 0.909. The minimum Gasteiger partial charge on any atom is -0.342 e. The molecule has 0 saturated carbocycles. The van der Waals surface area contributed by atoms with Crippen molar-refractivity contribution in [2.24, 2.45) is 11.3 Å². The number of alkyl halides is 1. The molecule has 82 valence electrons. The molecule has 0 spiro atoms. The minimum atomic E-state index is 0.123. The minimum absolute atomic E-state index is 0.123. The number of likely N-dealkylation sites (tertiary alicyclic amines) is 1. The number of piperidine rings is 1. The lowest BCUT2D eigenvalue weighted by atomic mass is 9.83. The molecule has 0 aromatic carbocycles. The van der Waals surface area contributed by atoms with Crippen molar-refractivity contribution >= 4 is 21.8 Å². The summed E-state index contributed by atoms with van der Waals surface area (Å²) in [6, 6.07) is 0. The second-order valence-electron chi connectivity index (χ2n) is 5.16. The highest BCUT2D eigenvalue weighted by Gasteiger charge is 2.36. The van der Waals surface area contributed by atoms with E-state index in [1.807, 2.05) is 18.7 Å². The standard InChI is InChI=1S/C11H20BrNO/c1-8(2)10(14)13-6-5-9(12)11(3,4)7-13/h8-9H,5-7H2,1-4H3. The van der Waals surface area contributed by atoms with Gasteiger partial charge in [-0.25, -0.2) is 0 Å². The zero-order valence-corrected chi connectivity index (χ0v) is 11.1. The Morgan fingerprint density at radius 3 is 2.50 bits per heavy atom. The summed E-state index contributed by atoms with van der Waals surface area (Å²) in [7, 11) is 0.